The number of ether oxygens (including phenoxy) is 1. The van der Waals surface area contributed by atoms with E-state index in [-0.39, 0.29) is 6.42 Å². The molecule has 1 aromatic heterocycles. The minimum absolute atomic E-state index is 0.103. The van der Waals surface area contributed by atoms with E-state index in [4.69, 9.17) is 9.84 Å². The van der Waals surface area contributed by atoms with Gasteiger partial charge in [-0.05, 0) is 48.4 Å². The number of hydrogen-bond acceptors (Lipinski definition) is 6. The van der Waals surface area contributed by atoms with E-state index in [1.165, 1.54) is 27.8 Å². The smallest absolute Gasteiger partial charge is 0.303 e. The second kappa shape index (κ2) is 9.74. The van der Waals surface area contributed by atoms with Crippen molar-refractivity contribution in [1.29, 1.82) is 0 Å². The van der Waals surface area contributed by atoms with Gasteiger partial charge in [0.15, 0.2) is 0 Å². The van der Waals surface area contributed by atoms with Crippen LogP contribution in [0.5, 0.6) is 5.75 Å². The largest absolute Gasteiger partial charge is 0.488 e. The second-order valence-electron chi connectivity index (χ2n) is 8.27. The summed E-state index contributed by atoms with van der Waals surface area (Å²) in [6.45, 7) is 3.39. The predicted octanol–water partition coefficient (Wildman–Crippen LogP) is 3.10. The Morgan fingerprint density at radius 1 is 1.25 bits per heavy atom. The summed E-state index contributed by atoms with van der Waals surface area (Å²) >= 11 is 1.72. The van der Waals surface area contributed by atoms with E-state index in [0.29, 0.717) is 26.1 Å². The number of sulfonamides is 1. The molecule has 0 atom stereocenters. The van der Waals surface area contributed by atoms with Crippen molar-refractivity contribution in [3.8, 4) is 5.75 Å². The summed E-state index contributed by atoms with van der Waals surface area (Å²) in [7, 11) is -3.17. The lowest BCUT2D eigenvalue weighted by atomic mass is 9.89. The molecular formula is C23H28N2O5S2. The molecule has 2 aliphatic rings. The quantitative estimate of drug-likeness (QED) is 0.638. The van der Waals surface area contributed by atoms with Crippen LogP contribution in [0.4, 0.5) is 0 Å². The predicted molar refractivity (Wildman–Crippen MR) is 126 cm³/mol. The molecule has 2 aliphatic heterocycles. The van der Waals surface area contributed by atoms with Gasteiger partial charge in [-0.15, -0.1) is 11.3 Å². The number of hydrogen-bond donors (Lipinski definition) is 2. The molecule has 1 aromatic carbocycles. The number of carboxylic acids is 1. The summed E-state index contributed by atoms with van der Waals surface area (Å²) in [6, 6.07) is 8.14. The van der Waals surface area contributed by atoms with Crippen molar-refractivity contribution in [3.63, 3.8) is 0 Å². The van der Waals surface area contributed by atoms with Crippen molar-refractivity contribution in [2.24, 2.45) is 0 Å². The van der Waals surface area contributed by atoms with Crippen LogP contribution in [-0.2, 0) is 27.8 Å². The van der Waals surface area contributed by atoms with Gasteiger partial charge < -0.3 is 14.7 Å². The topological polar surface area (TPSA) is 95.9 Å². The van der Waals surface area contributed by atoms with Gasteiger partial charge in [0.1, 0.15) is 12.4 Å². The van der Waals surface area contributed by atoms with Gasteiger partial charge in [-0.1, -0.05) is 11.6 Å². The number of aryl methyl sites for hydroxylation is 1. The molecule has 9 heteroatoms. The molecule has 0 radical (unpaired) electrons. The third-order valence-electron chi connectivity index (χ3n) is 5.90. The molecule has 1 fully saturated rings. The lowest BCUT2D eigenvalue weighted by Gasteiger charge is -2.30. The Labute approximate surface area is 192 Å². The number of carboxylic acid groups (broad SMARTS) is 1. The number of likely N-dealkylation sites (tertiary alicyclic amines) is 1. The maximum absolute atomic E-state index is 11.3. The Morgan fingerprint density at radius 3 is 2.75 bits per heavy atom. The van der Waals surface area contributed by atoms with E-state index >= 15 is 0 Å². The highest BCUT2D eigenvalue weighted by molar-refractivity contribution is 7.88. The summed E-state index contributed by atoms with van der Waals surface area (Å²) in [5.74, 6) is 0.0443. The zero-order valence-corrected chi connectivity index (χ0v) is 19.7. The van der Waals surface area contributed by atoms with Crippen molar-refractivity contribution in [2.75, 3.05) is 32.4 Å². The second-order valence-corrected chi connectivity index (χ2v) is 11.0. The first-order chi connectivity index (χ1) is 15.3. The molecule has 4 rings (SSSR count). The molecule has 32 heavy (non-hydrogen) atoms. The SMILES string of the molecule is CS(=O)(=O)NCCN1CCC(=C2c3cc(CCC(=O)O)ccc3OCc3ccsc32)CC1. The molecular weight excluding hydrogens is 448 g/mol. The zero-order valence-electron chi connectivity index (χ0n) is 18.1. The molecule has 0 amide bonds. The van der Waals surface area contributed by atoms with Crippen LogP contribution in [0.25, 0.3) is 5.57 Å². The lowest BCUT2D eigenvalue weighted by molar-refractivity contribution is -0.136. The number of fused-ring (bicyclic) bond motifs is 2. The minimum atomic E-state index is -3.17. The van der Waals surface area contributed by atoms with Crippen molar-refractivity contribution in [3.05, 3.63) is 56.8 Å². The Balaban J connectivity index is 1.60. The fourth-order valence-corrected chi connectivity index (χ4v) is 5.77. The highest BCUT2D eigenvalue weighted by Crippen LogP contribution is 2.43. The van der Waals surface area contributed by atoms with E-state index < -0.39 is 16.0 Å². The first kappa shape index (κ1) is 23.0. The average Bonchev–Trinajstić information content (AvgIpc) is 3.14. The first-order valence-electron chi connectivity index (χ1n) is 10.7. The summed E-state index contributed by atoms with van der Waals surface area (Å²) in [4.78, 5) is 14.6. The number of carbonyl (C=O) groups is 1. The normalized spacial score (nSPS) is 16.8. The Hall–Kier alpha value is -2.20. The highest BCUT2D eigenvalue weighted by atomic mass is 32.2. The number of rotatable bonds is 7. The van der Waals surface area contributed by atoms with Gasteiger partial charge in [0.2, 0.25) is 10.0 Å². The van der Waals surface area contributed by atoms with E-state index in [2.05, 4.69) is 27.1 Å². The third kappa shape index (κ3) is 5.58. The molecule has 2 N–H and O–H groups in total. The Bertz CT molecular complexity index is 1130. The fourth-order valence-electron chi connectivity index (χ4n) is 4.29. The number of nitrogens with one attached hydrogen (secondary N) is 1. The Kier molecular flexibility index (Phi) is 6.99. The number of piperidine rings is 1. The van der Waals surface area contributed by atoms with Gasteiger partial charge in [-0.25, -0.2) is 13.1 Å². The standard InChI is InChI=1S/C23H28N2O5S2/c1-32(28,29)24-9-12-25-10-6-17(7-11-25)22-19-14-16(3-5-21(26)27)2-4-20(19)30-15-18-8-13-31-23(18)22/h2,4,8,13-14,24H,3,5-7,9-12,15H2,1H3,(H,26,27). The van der Waals surface area contributed by atoms with Gasteiger partial charge in [0, 0.05) is 54.2 Å². The molecule has 3 heterocycles. The summed E-state index contributed by atoms with van der Waals surface area (Å²) in [6.07, 6.45) is 3.59. The maximum Gasteiger partial charge on any atom is 0.303 e. The summed E-state index contributed by atoms with van der Waals surface area (Å²) < 4.78 is 31.3. The van der Waals surface area contributed by atoms with Gasteiger partial charge in [0.05, 0.1) is 6.26 Å². The highest BCUT2D eigenvalue weighted by Gasteiger charge is 2.26. The van der Waals surface area contributed by atoms with Gasteiger partial charge in [-0.2, -0.15) is 0 Å². The van der Waals surface area contributed by atoms with Crippen LogP contribution in [-0.4, -0.2) is 56.8 Å². The van der Waals surface area contributed by atoms with E-state index in [0.717, 1.165) is 42.8 Å². The van der Waals surface area contributed by atoms with Crippen LogP contribution in [0.1, 0.15) is 40.8 Å². The van der Waals surface area contributed by atoms with Crippen molar-refractivity contribution in [2.45, 2.75) is 32.3 Å². The molecule has 7 nitrogen and oxygen atoms in total. The molecule has 172 valence electrons. The first-order valence-corrected chi connectivity index (χ1v) is 13.5. The van der Waals surface area contributed by atoms with Crippen LogP contribution >= 0.6 is 11.3 Å². The molecule has 0 spiro atoms. The van der Waals surface area contributed by atoms with Gasteiger partial charge >= 0.3 is 5.97 Å². The summed E-state index contributed by atoms with van der Waals surface area (Å²) in [5, 5.41) is 11.2. The summed E-state index contributed by atoms with van der Waals surface area (Å²) in [5.41, 5.74) is 5.84. The molecule has 0 saturated carbocycles. The van der Waals surface area contributed by atoms with Gasteiger partial charge in [0.25, 0.3) is 0 Å². The molecule has 0 bridgehead atoms. The fraction of sp³-hybridized carbons (Fsp3) is 0.435. The van der Waals surface area contributed by atoms with Crippen LogP contribution in [0, 0.1) is 0 Å². The monoisotopic (exact) mass is 476 g/mol. The number of benzene rings is 1. The number of thiophene rings is 1. The Morgan fingerprint density at radius 2 is 2.03 bits per heavy atom. The van der Waals surface area contributed by atoms with Crippen LogP contribution in [0.3, 0.4) is 0 Å². The molecule has 0 unspecified atom stereocenters. The van der Waals surface area contributed by atoms with E-state index in [9.17, 15) is 13.2 Å². The maximum atomic E-state index is 11.3. The van der Waals surface area contributed by atoms with Crippen molar-refractivity contribution >= 4 is 32.9 Å². The number of aliphatic carboxylic acids is 1. The zero-order chi connectivity index (χ0) is 22.7. The van der Waals surface area contributed by atoms with Crippen LogP contribution in [0.2, 0.25) is 0 Å². The molecule has 1 saturated heterocycles. The molecule has 2 aromatic rings. The molecule has 0 aliphatic carbocycles. The third-order valence-corrected chi connectivity index (χ3v) is 7.61. The number of nitrogens with zero attached hydrogens (tertiary/aromatic N) is 1. The van der Waals surface area contributed by atoms with E-state index in [1.807, 2.05) is 12.1 Å². The van der Waals surface area contributed by atoms with E-state index in [1.54, 1.807) is 11.3 Å². The lowest BCUT2D eigenvalue weighted by Crippen LogP contribution is -2.38. The van der Waals surface area contributed by atoms with Gasteiger partial charge in [-0.3, -0.25) is 4.79 Å². The minimum Gasteiger partial charge on any atom is -0.488 e. The average molecular weight is 477 g/mol. The van der Waals surface area contributed by atoms with Crippen molar-refractivity contribution in [1.82, 2.24) is 9.62 Å². The van der Waals surface area contributed by atoms with Crippen LogP contribution in [0.15, 0.2) is 35.2 Å². The van der Waals surface area contributed by atoms with Crippen LogP contribution < -0.4 is 9.46 Å². The van der Waals surface area contributed by atoms with Crippen molar-refractivity contribution < 1.29 is 23.1 Å².